The Morgan fingerprint density at radius 2 is 1.86 bits per heavy atom. The van der Waals surface area contributed by atoms with Gasteiger partial charge in [-0.25, -0.2) is 4.79 Å². The molecule has 0 spiro atoms. The molecule has 2 atom stereocenters. The van der Waals surface area contributed by atoms with Crippen molar-refractivity contribution < 1.29 is 19.1 Å². The summed E-state index contributed by atoms with van der Waals surface area (Å²) < 4.78 is 10.9. The number of benzene rings is 1. The van der Waals surface area contributed by atoms with Crippen LogP contribution in [-0.2, 0) is 14.3 Å². The zero-order valence-electron chi connectivity index (χ0n) is 13.1. The van der Waals surface area contributed by atoms with Crippen LogP contribution in [0.4, 0.5) is 0 Å². The van der Waals surface area contributed by atoms with Crippen LogP contribution in [0, 0.1) is 5.92 Å². The molecular formula is C18H24O4. The van der Waals surface area contributed by atoms with Crippen LogP contribution in [0.15, 0.2) is 30.3 Å². The van der Waals surface area contributed by atoms with Crippen LogP contribution in [0.3, 0.4) is 0 Å². The highest BCUT2D eigenvalue weighted by Gasteiger charge is 2.35. The molecule has 4 heteroatoms. The van der Waals surface area contributed by atoms with E-state index in [9.17, 15) is 9.59 Å². The average molecular weight is 304 g/mol. The molecule has 1 aliphatic rings. The Hall–Kier alpha value is -1.84. The van der Waals surface area contributed by atoms with Gasteiger partial charge in [0.1, 0.15) is 6.10 Å². The lowest BCUT2D eigenvalue weighted by atomic mass is 9.86. The van der Waals surface area contributed by atoms with E-state index in [0.717, 1.165) is 38.5 Å². The molecular weight excluding hydrogens is 280 g/mol. The Morgan fingerprint density at radius 1 is 1.14 bits per heavy atom. The second-order valence-corrected chi connectivity index (χ2v) is 5.72. The first-order chi connectivity index (χ1) is 10.7. The van der Waals surface area contributed by atoms with Crippen LogP contribution < -0.4 is 0 Å². The Kier molecular flexibility index (Phi) is 6.44. The zero-order chi connectivity index (χ0) is 15.8. The number of carbonyl (C=O) groups is 2. The summed E-state index contributed by atoms with van der Waals surface area (Å²) in [6.07, 6.45) is 4.91. The SMILES string of the molecule is CCCCOC(=O)C1CCCCC1OC(=O)c1ccccc1. The summed E-state index contributed by atoms with van der Waals surface area (Å²) in [4.78, 5) is 24.4. The third-order valence-corrected chi connectivity index (χ3v) is 4.02. The molecule has 0 radical (unpaired) electrons. The first-order valence-electron chi connectivity index (χ1n) is 8.15. The summed E-state index contributed by atoms with van der Waals surface area (Å²) in [5, 5.41) is 0. The number of ether oxygens (including phenoxy) is 2. The van der Waals surface area contributed by atoms with Crippen LogP contribution in [0.5, 0.6) is 0 Å². The quantitative estimate of drug-likeness (QED) is 0.593. The molecule has 1 aromatic rings. The number of carbonyl (C=O) groups excluding carboxylic acids is 2. The maximum absolute atomic E-state index is 12.2. The summed E-state index contributed by atoms with van der Waals surface area (Å²) >= 11 is 0. The molecule has 0 heterocycles. The van der Waals surface area contributed by atoms with Gasteiger partial charge in [0.2, 0.25) is 0 Å². The van der Waals surface area contributed by atoms with Crippen molar-refractivity contribution in [2.75, 3.05) is 6.61 Å². The average Bonchev–Trinajstić information content (AvgIpc) is 2.56. The number of rotatable bonds is 6. The van der Waals surface area contributed by atoms with Gasteiger partial charge in [0.05, 0.1) is 18.1 Å². The van der Waals surface area contributed by atoms with E-state index in [-0.39, 0.29) is 24.0 Å². The van der Waals surface area contributed by atoms with Gasteiger partial charge in [-0.1, -0.05) is 38.0 Å². The van der Waals surface area contributed by atoms with Gasteiger partial charge in [0.25, 0.3) is 0 Å². The van der Waals surface area contributed by atoms with Gasteiger partial charge in [-0.2, -0.15) is 0 Å². The highest BCUT2D eigenvalue weighted by atomic mass is 16.6. The Morgan fingerprint density at radius 3 is 2.59 bits per heavy atom. The van der Waals surface area contributed by atoms with Crippen molar-refractivity contribution in [1.82, 2.24) is 0 Å². The molecule has 0 aliphatic heterocycles. The van der Waals surface area contributed by atoms with Crippen molar-refractivity contribution in [3.05, 3.63) is 35.9 Å². The van der Waals surface area contributed by atoms with Crippen molar-refractivity contribution in [3.8, 4) is 0 Å². The van der Waals surface area contributed by atoms with Gasteiger partial charge in [-0.15, -0.1) is 0 Å². The van der Waals surface area contributed by atoms with E-state index in [2.05, 4.69) is 6.92 Å². The second-order valence-electron chi connectivity index (χ2n) is 5.72. The number of hydrogen-bond donors (Lipinski definition) is 0. The van der Waals surface area contributed by atoms with E-state index in [1.807, 2.05) is 6.07 Å². The lowest BCUT2D eigenvalue weighted by Gasteiger charge is -2.29. The molecule has 120 valence electrons. The standard InChI is InChI=1S/C18H24O4/c1-2-3-13-21-18(20)15-11-7-8-12-16(15)22-17(19)14-9-5-4-6-10-14/h4-6,9-10,15-16H,2-3,7-8,11-13H2,1H3. The van der Waals surface area contributed by atoms with Gasteiger partial charge in [-0.3, -0.25) is 4.79 Å². The molecule has 0 N–H and O–H groups in total. The van der Waals surface area contributed by atoms with Crippen molar-refractivity contribution in [1.29, 1.82) is 0 Å². The lowest BCUT2D eigenvalue weighted by molar-refractivity contribution is -0.154. The Labute approximate surface area is 131 Å². The number of hydrogen-bond acceptors (Lipinski definition) is 4. The van der Waals surface area contributed by atoms with Crippen LogP contribution >= 0.6 is 0 Å². The number of esters is 2. The van der Waals surface area contributed by atoms with Crippen LogP contribution in [-0.4, -0.2) is 24.6 Å². The molecule has 1 saturated carbocycles. The molecule has 0 amide bonds. The monoisotopic (exact) mass is 304 g/mol. The first kappa shape index (κ1) is 16.5. The van der Waals surface area contributed by atoms with Crippen LogP contribution in [0.2, 0.25) is 0 Å². The topological polar surface area (TPSA) is 52.6 Å². The van der Waals surface area contributed by atoms with E-state index in [4.69, 9.17) is 9.47 Å². The molecule has 22 heavy (non-hydrogen) atoms. The van der Waals surface area contributed by atoms with Gasteiger partial charge >= 0.3 is 11.9 Å². The molecule has 1 fully saturated rings. The second kappa shape index (κ2) is 8.57. The maximum Gasteiger partial charge on any atom is 0.338 e. The third-order valence-electron chi connectivity index (χ3n) is 4.02. The van der Waals surface area contributed by atoms with Gasteiger partial charge < -0.3 is 9.47 Å². The normalized spacial score (nSPS) is 21.1. The predicted molar refractivity (Wildman–Crippen MR) is 83.5 cm³/mol. The summed E-state index contributed by atoms with van der Waals surface area (Å²) in [5.74, 6) is -0.906. The molecule has 2 rings (SSSR count). The fourth-order valence-corrected chi connectivity index (χ4v) is 2.71. The largest absolute Gasteiger partial charge is 0.465 e. The van der Waals surface area contributed by atoms with Crippen molar-refractivity contribution in [2.24, 2.45) is 5.92 Å². The van der Waals surface area contributed by atoms with Gasteiger partial charge in [0, 0.05) is 0 Å². The van der Waals surface area contributed by atoms with E-state index in [0.29, 0.717) is 12.2 Å². The molecule has 2 unspecified atom stereocenters. The summed E-state index contributed by atoms with van der Waals surface area (Å²) in [7, 11) is 0. The van der Waals surface area contributed by atoms with Crippen molar-refractivity contribution in [3.63, 3.8) is 0 Å². The smallest absolute Gasteiger partial charge is 0.338 e. The highest BCUT2D eigenvalue weighted by molar-refractivity contribution is 5.89. The fraction of sp³-hybridized carbons (Fsp3) is 0.556. The Bertz CT molecular complexity index is 483. The van der Waals surface area contributed by atoms with Gasteiger partial charge in [0.15, 0.2) is 0 Å². The molecule has 1 aromatic carbocycles. The Balaban J connectivity index is 1.94. The molecule has 4 nitrogen and oxygen atoms in total. The predicted octanol–water partition coefficient (Wildman–Crippen LogP) is 3.75. The van der Waals surface area contributed by atoms with Gasteiger partial charge in [-0.05, 0) is 37.8 Å². The summed E-state index contributed by atoms with van der Waals surface area (Å²) in [6.45, 7) is 2.50. The van der Waals surface area contributed by atoms with E-state index < -0.39 is 0 Å². The highest BCUT2D eigenvalue weighted by Crippen LogP contribution is 2.28. The van der Waals surface area contributed by atoms with E-state index in [1.54, 1.807) is 24.3 Å². The molecule has 0 bridgehead atoms. The van der Waals surface area contributed by atoms with Crippen LogP contribution in [0.25, 0.3) is 0 Å². The summed E-state index contributed by atoms with van der Waals surface area (Å²) in [5.41, 5.74) is 0.520. The van der Waals surface area contributed by atoms with Crippen LogP contribution in [0.1, 0.15) is 55.8 Å². The van der Waals surface area contributed by atoms with E-state index in [1.165, 1.54) is 0 Å². The lowest BCUT2D eigenvalue weighted by Crippen LogP contribution is -2.36. The maximum atomic E-state index is 12.2. The molecule has 0 saturated heterocycles. The zero-order valence-corrected chi connectivity index (χ0v) is 13.1. The molecule has 0 aromatic heterocycles. The molecule has 1 aliphatic carbocycles. The van der Waals surface area contributed by atoms with Crippen molar-refractivity contribution in [2.45, 2.75) is 51.6 Å². The fourth-order valence-electron chi connectivity index (χ4n) is 2.71. The minimum absolute atomic E-state index is 0.223. The first-order valence-corrected chi connectivity index (χ1v) is 8.15. The summed E-state index contributed by atoms with van der Waals surface area (Å²) in [6, 6.07) is 8.90. The number of unbranched alkanes of at least 4 members (excludes halogenated alkanes) is 1. The minimum Gasteiger partial charge on any atom is -0.465 e. The third kappa shape index (κ3) is 4.58. The van der Waals surface area contributed by atoms with E-state index >= 15 is 0 Å². The minimum atomic E-state index is -0.365. The van der Waals surface area contributed by atoms with Crippen molar-refractivity contribution >= 4 is 11.9 Å².